The summed E-state index contributed by atoms with van der Waals surface area (Å²) in [5, 5.41) is 13.1. The molecule has 7 nitrogen and oxygen atoms in total. The summed E-state index contributed by atoms with van der Waals surface area (Å²) in [5.41, 5.74) is 1.72. The topological polar surface area (TPSA) is 104 Å². The van der Waals surface area contributed by atoms with Gasteiger partial charge in [0.05, 0.1) is 16.8 Å². The van der Waals surface area contributed by atoms with Gasteiger partial charge in [-0.1, -0.05) is 42.5 Å². The van der Waals surface area contributed by atoms with Gasteiger partial charge in [-0.15, -0.1) is 0 Å². The first-order valence-corrected chi connectivity index (χ1v) is 10.4. The van der Waals surface area contributed by atoms with Crippen LogP contribution in [0.25, 0.3) is 10.8 Å². The molecule has 2 amide bonds. The van der Waals surface area contributed by atoms with Crippen molar-refractivity contribution in [2.75, 3.05) is 10.6 Å². The van der Waals surface area contributed by atoms with Crippen LogP contribution in [0.15, 0.2) is 77.6 Å². The highest BCUT2D eigenvalue weighted by Gasteiger charge is 2.12. The standard InChI is InChI=1S/C25H21FN4O3/c26-20-11-10-16(14-21-18-8-4-5-9-19(18)25(33)30-29-21)15-22(20)28-24(32)13-12-23(31)27-17-6-2-1-3-7-17/h1-11,15H,12-14H2,(H,27,31)(H,28,32)(H,30,33). The maximum atomic E-state index is 14.3. The van der Waals surface area contributed by atoms with Crippen molar-refractivity contribution in [3.63, 3.8) is 0 Å². The SMILES string of the molecule is O=C(CCC(=O)Nc1cc(Cc2n[nH]c(=O)c3ccccc23)ccc1F)Nc1ccccc1. The predicted octanol–water partition coefficient (Wildman–Crippen LogP) is 4.01. The van der Waals surface area contributed by atoms with Gasteiger partial charge in [-0.25, -0.2) is 9.49 Å². The van der Waals surface area contributed by atoms with Gasteiger partial charge in [0, 0.05) is 30.3 Å². The number of carbonyl (C=O) groups is 2. The van der Waals surface area contributed by atoms with Gasteiger partial charge in [0.2, 0.25) is 11.8 Å². The highest BCUT2D eigenvalue weighted by molar-refractivity contribution is 5.96. The number of carbonyl (C=O) groups excluding carboxylic acids is 2. The number of hydrogen-bond donors (Lipinski definition) is 3. The van der Waals surface area contributed by atoms with Crippen LogP contribution in [0, 0.1) is 5.82 Å². The average molecular weight is 444 g/mol. The Morgan fingerprint density at radius 1 is 0.848 bits per heavy atom. The molecule has 0 aliphatic heterocycles. The molecule has 33 heavy (non-hydrogen) atoms. The number of anilines is 2. The molecule has 0 saturated carbocycles. The molecule has 3 aromatic carbocycles. The van der Waals surface area contributed by atoms with Gasteiger partial charge in [-0.05, 0) is 35.9 Å². The molecule has 1 aromatic heterocycles. The second-order valence-electron chi connectivity index (χ2n) is 7.50. The third-order valence-corrected chi connectivity index (χ3v) is 5.09. The minimum absolute atomic E-state index is 0.0229. The highest BCUT2D eigenvalue weighted by atomic mass is 19.1. The molecule has 3 N–H and O–H groups in total. The average Bonchev–Trinajstić information content (AvgIpc) is 2.82. The fourth-order valence-corrected chi connectivity index (χ4v) is 3.46. The molecule has 0 radical (unpaired) electrons. The Morgan fingerprint density at radius 3 is 2.27 bits per heavy atom. The largest absolute Gasteiger partial charge is 0.326 e. The predicted molar refractivity (Wildman–Crippen MR) is 125 cm³/mol. The van der Waals surface area contributed by atoms with Crippen LogP contribution in [-0.2, 0) is 16.0 Å². The zero-order valence-electron chi connectivity index (χ0n) is 17.6. The minimum Gasteiger partial charge on any atom is -0.326 e. The molecule has 4 aromatic rings. The summed E-state index contributed by atoms with van der Waals surface area (Å²) >= 11 is 0. The van der Waals surface area contributed by atoms with E-state index in [2.05, 4.69) is 20.8 Å². The van der Waals surface area contributed by atoms with E-state index in [9.17, 15) is 18.8 Å². The molecule has 8 heteroatoms. The van der Waals surface area contributed by atoms with E-state index >= 15 is 0 Å². The summed E-state index contributed by atoms with van der Waals surface area (Å²) in [6.07, 6.45) is 0.212. The Balaban J connectivity index is 1.41. The lowest BCUT2D eigenvalue weighted by Gasteiger charge is -2.10. The maximum Gasteiger partial charge on any atom is 0.272 e. The molecule has 0 spiro atoms. The number of rotatable bonds is 7. The second-order valence-corrected chi connectivity index (χ2v) is 7.50. The number of hydrogen-bond acceptors (Lipinski definition) is 4. The molecule has 166 valence electrons. The van der Waals surface area contributed by atoms with Crippen molar-refractivity contribution in [3.8, 4) is 0 Å². The maximum absolute atomic E-state index is 14.3. The van der Waals surface area contributed by atoms with E-state index < -0.39 is 11.7 Å². The summed E-state index contributed by atoms with van der Waals surface area (Å²) in [4.78, 5) is 36.3. The number of fused-ring (bicyclic) bond motifs is 1. The molecule has 0 unspecified atom stereocenters. The normalized spacial score (nSPS) is 10.7. The van der Waals surface area contributed by atoms with E-state index in [4.69, 9.17) is 0 Å². The fraction of sp³-hybridized carbons (Fsp3) is 0.120. The van der Waals surface area contributed by atoms with Crippen LogP contribution in [0.2, 0.25) is 0 Å². The van der Waals surface area contributed by atoms with Crippen molar-refractivity contribution in [1.82, 2.24) is 10.2 Å². The molecule has 0 aliphatic rings. The smallest absolute Gasteiger partial charge is 0.272 e. The molecule has 4 rings (SSSR count). The number of benzene rings is 3. The van der Waals surface area contributed by atoms with Gasteiger partial charge < -0.3 is 10.6 Å². The first-order valence-electron chi connectivity index (χ1n) is 10.4. The zero-order valence-corrected chi connectivity index (χ0v) is 17.6. The van der Waals surface area contributed by atoms with Gasteiger partial charge in [0.1, 0.15) is 5.82 Å². The highest BCUT2D eigenvalue weighted by Crippen LogP contribution is 2.21. The van der Waals surface area contributed by atoms with E-state index in [1.54, 1.807) is 48.5 Å². The molecular weight excluding hydrogens is 423 g/mol. The summed E-state index contributed by atoms with van der Waals surface area (Å²) in [7, 11) is 0. The Bertz CT molecular complexity index is 1370. The van der Waals surface area contributed by atoms with Crippen LogP contribution in [0.4, 0.5) is 15.8 Å². The third-order valence-electron chi connectivity index (χ3n) is 5.09. The van der Waals surface area contributed by atoms with E-state index in [0.29, 0.717) is 34.1 Å². The minimum atomic E-state index is -0.583. The first kappa shape index (κ1) is 21.9. The molecule has 0 bridgehead atoms. The van der Waals surface area contributed by atoms with E-state index in [1.807, 2.05) is 12.1 Å². The van der Waals surface area contributed by atoms with Crippen LogP contribution >= 0.6 is 0 Å². The summed E-state index contributed by atoms with van der Waals surface area (Å²) in [5.74, 6) is -1.36. The lowest BCUT2D eigenvalue weighted by atomic mass is 10.0. The van der Waals surface area contributed by atoms with E-state index in [0.717, 1.165) is 0 Å². The molecule has 0 aliphatic carbocycles. The van der Waals surface area contributed by atoms with Crippen LogP contribution in [0.1, 0.15) is 24.1 Å². The monoisotopic (exact) mass is 444 g/mol. The van der Waals surface area contributed by atoms with Crippen molar-refractivity contribution < 1.29 is 14.0 Å². The number of halogens is 1. The van der Waals surface area contributed by atoms with Crippen molar-refractivity contribution in [1.29, 1.82) is 0 Å². The van der Waals surface area contributed by atoms with Gasteiger partial charge in [0.15, 0.2) is 0 Å². The Hall–Kier alpha value is -4.33. The molecule has 1 heterocycles. The third kappa shape index (κ3) is 5.48. The van der Waals surface area contributed by atoms with Crippen molar-refractivity contribution in [2.24, 2.45) is 0 Å². The summed E-state index contributed by atoms with van der Waals surface area (Å²) in [6.45, 7) is 0. The molecule has 0 fully saturated rings. The van der Waals surface area contributed by atoms with Gasteiger partial charge in [-0.2, -0.15) is 5.10 Å². The first-order chi connectivity index (χ1) is 16.0. The van der Waals surface area contributed by atoms with Crippen molar-refractivity contribution >= 4 is 34.0 Å². The number of aromatic amines is 1. The number of nitrogens with one attached hydrogen (secondary N) is 3. The Morgan fingerprint density at radius 2 is 1.52 bits per heavy atom. The number of amides is 2. The lowest BCUT2D eigenvalue weighted by Crippen LogP contribution is -2.18. The number of para-hydroxylation sites is 1. The summed E-state index contributed by atoms with van der Waals surface area (Å²) < 4.78 is 14.3. The van der Waals surface area contributed by atoms with Crippen molar-refractivity contribution in [2.45, 2.75) is 19.3 Å². The molecular formula is C25H21FN4O3. The van der Waals surface area contributed by atoms with E-state index in [1.165, 1.54) is 12.1 Å². The number of aromatic nitrogens is 2. The second kappa shape index (κ2) is 9.86. The number of H-pyrrole nitrogens is 1. The van der Waals surface area contributed by atoms with Gasteiger partial charge in [0.25, 0.3) is 5.56 Å². The Kier molecular flexibility index (Phi) is 6.54. The zero-order chi connectivity index (χ0) is 23.2. The van der Waals surface area contributed by atoms with Crippen LogP contribution < -0.4 is 16.2 Å². The van der Waals surface area contributed by atoms with Crippen LogP contribution in [0.5, 0.6) is 0 Å². The lowest BCUT2D eigenvalue weighted by molar-refractivity contribution is -0.121. The Labute approximate surface area is 188 Å². The summed E-state index contributed by atoms with van der Waals surface area (Å²) in [6, 6.07) is 20.4. The van der Waals surface area contributed by atoms with Gasteiger partial charge >= 0.3 is 0 Å². The van der Waals surface area contributed by atoms with Crippen LogP contribution in [0.3, 0.4) is 0 Å². The fourth-order valence-electron chi connectivity index (χ4n) is 3.46. The van der Waals surface area contributed by atoms with Crippen molar-refractivity contribution in [3.05, 3.63) is 100 Å². The molecule has 0 saturated heterocycles. The molecule has 0 atom stereocenters. The van der Waals surface area contributed by atoms with E-state index in [-0.39, 0.29) is 30.0 Å². The number of nitrogens with zero attached hydrogens (tertiary/aromatic N) is 1. The van der Waals surface area contributed by atoms with Gasteiger partial charge in [-0.3, -0.25) is 14.4 Å². The van der Waals surface area contributed by atoms with Crippen LogP contribution in [-0.4, -0.2) is 22.0 Å². The quantitative estimate of drug-likeness (QED) is 0.401.